The molecule has 122 valence electrons. The van der Waals surface area contributed by atoms with E-state index in [-0.39, 0.29) is 5.91 Å². The van der Waals surface area contributed by atoms with Gasteiger partial charge in [0.15, 0.2) is 0 Å². The molecule has 0 atom stereocenters. The molecule has 0 radical (unpaired) electrons. The topological polar surface area (TPSA) is 79.8 Å². The van der Waals surface area contributed by atoms with Crippen LogP contribution >= 0.6 is 0 Å². The van der Waals surface area contributed by atoms with E-state index in [1.54, 1.807) is 18.5 Å². The average Bonchev–Trinajstić information content (AvgIpc) is 2.57. The number of hydrogen-bond donors (Lipinski definition) is 2. The van der Waals surface area contributed by atoms with Crippen LogP contribution in [0.15, 0.2) is 30.6 Å². The zero-order valence-corrected chi connectivity index (χ0v) is 13.7. The molecule has 0 aliphatic carbocycles. The molecule has 0 fully saturated rings. The van der Waals surface area contributed by atoms with Gasteiger partial charge in [0.2, 0.25) is 5.95 Å². The number of nitrogens with zero attached hydrogens (tertiary/aromatic N) is 3. The maximum atomic E-state index is 12.2. The van der Waals surface area contributed by atoms with Gasteiger partial charge in [0, 0.05) is 31.2 Å². The average molecular weight is 313 g/mol. The van der Waals surface area contributed by atoms with Crippen LogP contribution in [0.4, 0.5) is 5.95 Å². The van der Waals surface area contributed by atoms with Crippen LogP contribution in [-0.4, -0.2) is 27.4 Å². The molecule has 0 unspecified atom stereocenters. The highest BCUT2D eigenvalue weighted by atomic mass is 16.1. The van der Waals surface area contributed by atoms with Crippen molar-refractivity contribution < 1.29 is 4.79 Å². The molecule has 0 saturated heterocycles. The third-order valence-electron chi connectivity index (χ3n) is 3.33. The molecule has 1 amide bonds. The van der Waals surface area contributed by atoms with E-state index in [0.29, 0.717) is 18.2 Å². The first-order valence-corrected chi connectivity index (χ1v) is 7.95. The van der Waals surface area contributed by atoms with Crippen LogP contribution in [0.25, 0.3) is 0 Å². The van der Waals surface area contributed by atoms with E-state index < -0.39 is 0 Å². The first-order valence-electron chi connectivity index (χ1n) is 7.95. The lowest BCUT2D eigenvalue weighted by Gasteiger charge is -2.08. The number of amides is 1. The van der Waals surface area contributed by atoms with Gasteiger partial charge in [-0.1, -0.05) is 25.8 Å². The zero-order chi connectivity index (χ0) is 16.5. The van der Waals surface area contributed by atoms with Gasteiger partial charge in [-0.15, -0.1) is 0 Å². The summed E-state index contributed by atoms with van der Waals surface area (Å²) in [6.07, 6.45) is 6.83. The Hall–Kier alpha value is -2.50. The van der Waals surface area contributed by atoms with E-state index in [0.717, 1.165) is 30.6 Å². The summed E-state index contributed by atoms with van der Waals surface area (Å²) in [6, 6.07) is 5.45. The number of unbranched alkanes of at least 4 members (excludes halogenated alkanes) is 2. The lowest BCUT2D eigenvalue weighted by atomic mass is 10.2. The Balaban J connectivity index is 1.95. The van der Waals surface area contributed by atoms with E-state index in [1.807, 2.05) is 19.1 Å². The summed E-state index contributed by atoms with van der Waals surface area (Å²) in [5.74, 6) is 0.295. The quantitative estimate of drug-likeness (QED) is 0.733. The van der Waals surface area contributed by atoms with Gasteiger partial charge in [0.1, 0.15) is 5.69 Å². The second kappa shape index (κ2) is 8.82. The number of carbonyl (C=O) groups is 1. The van der Waals surface area contributed by atoms with Crippen LogP contribution < -0.4 is 10.6 Å². The highest BCUT2D eigenvalue weighted by Gasteiger charge is 2.10. The highest BCUT2D eigenvalue weighted by Crippen LogP contribution is 2.06. The number of hydrogen-bond acceptors (Lipinski definition) is 5. The van der Waals surface area contributed by atoms with Crippen molar-refractivity contribution in [3.63, 3.8) is 0 Å². The SMILES string of the molecule is CCCCCNc1nc(C)cc(C(=O)NCc2cccnc2)n1. The van der Waals surface area contributed by atoms with Gasteiger partial charge in [0.05, 0.1) is 0 Å². The summed E-state index contributed by atoms with van der Waals surface area (Å²) >= 11 is 0. The van der Waals surface area contributed by atoms with Gasteiger partial charge in [-0.2, -0.15) is 0 Å². The molecule has 0 aliphatic heterocycles. The van der Waals surface area contributed by atoms with E-state index in [9.17, 15) is 4.79 Å². The Bertz CT molecular complexity index is 630. The third-order valence-corrected chi connectivity index (χ3v) is 3.33. The van der Waals surface area contributed by atoms with Crippen molar-refractivity contribution in [3.8, 4) is 0 Å². The molecular formula is C17H23N5O. The van der Waals surface area contributed by atoms with Gasteiger partial charge in [0.25, 0.3) is 5.91 Å². The predicted molar refractivity (Wildman–Crippen MR) is 90.2 cm³/mol. The van der Waals surface area contributed by atoms with Crippen LogP contribution in [0.3, 0.4) is 0 Å². The lowest BCUT2D eigenvalue weighted by molar-refractivity contribution is 0.0945. The van der Waals surface area contributed by atoms with Gasteiger partial charge < -0.3 is 10.6 Å². The summed E-state index contributed by atoms with van der Waals surface area (Å²) in [4.78, 5) is 24.9. The van der Waals surface area contributed by atoms with Crippen molar-refractivity contribution >= 4 is 11.9 Å². The van der Waals surface area contributed by atoms with Crippen molar-refractivity contribution in [2.75, 3.05) is 11.9 Å². The molecule has 6 nitrogen and oxygen atoms in total. The van der Waals surface area contributed by atoms with Gasteiger partial charge in [-0.05, 0) is 31.0 Å². The minimum absolute atomic E-state index is 0.212. The number of anilines is 1. The standard InChI is InChI=1S/C17H23N5O/c1-3-4-5-9-19-17-21-13(2)10-15(22-17)16(23)20-12-14-7-6-8-18-11-14/h6-8,10-11H,3-5,9,12H2,1-2H3,(H,20,23)(H,19,21,22). The molecular weight excluding hydrogens is 290 g/mol. The minimum atomic E-state index is -0.212. The van der Waals surface area contributed by atoms with Crippen molar-refractivity contribution in [1.29, 1.82) is 0 Å². The van der Waals surface area contributed by atoms with Crippen molar-refractivity contribution in [3.05, 3.63) is 47.5 Å². The molecule has 0 spiro atoms. The number of carbonyl (C=O) groups excluding carboxylic acids is 1. The van der Waals surface area contributed by atoms with Crippen LogP contribution in [0.5, 0.6) is 0 Å². The Morgan fingerprint density at radius 2 is 2.13 bits per heavy atom. The predicted octanol–water partition coefficient (Wildman–Crippen LogP) is 2.71. The van der Waals surface area contributed by atoms with Gasteiger partial charge in [-0.25, -0.2) is 9.97 Å². The van der Waals surface area contributed by atoms with Crippen molar-refractivity contribution in [2.45, 2.75) is 39.7 Å². The van der Waals surface area contributed by atoms with Gasteiger partial charge >= 0.3 is 0 Å². The zero-order valence-electron chi connectivity index (χ0n) is 13.7. The molecule has 0 saturated carbocycles. The molecule has 2 rings (SSSR count). The van der Waals surface area contributed by atoms with Crippen LogP contribution in [0, 0.1) is 6.92 Å². The first-order chi connectivity index (χ1) is 11.2. The van der Waals surface area contributed by atoms with E-state index in [4.69, 9.17) is 0 Å². The molecule has 2 aromatic rings. The number of pyridine rings is 1. The summed E-state index contributed by atoms with van der Waals surface area (Å²) in [5.41, 5.74) is 2.09. The summed E-state index contributed by atoms with van der Waals surface area (Å²) < 4.78 is 0. The fraction of sp³-hybridized carbons (Fsp3) is 0.412. The largest absolute Gasteiger partial charge is 0.354 e. The third kappa shape index (κ3) is 5.65. The second-order valence-electron chi connectivity index (χ2n) is 5.40. The summed E-state index contributed by atoms with van der Waals surface area (Å²) in [7, 11) is 0. The Labute approximate surface area is 136 Å². The Morgan fingerprint density at radius 3 is 2.87 bits per heavy atom. The molecule has 0 aliphatic rings. The smallest absolute Gasteiger partial charge is 0.270 e. The summed E-state index contributed by atoms with van der Waals surface area (Å²) in [5, 5.41) is 6.03. The Kier molecular flexibility index (Phi) is 6.47. The fourth-order valence-corrected chi connectivity index (χ4v) is 2.11. The molecule has 6 heteroatoms. The summed E-state index contributed by atoms with van der Waals surface area (Å²) in [6.45, 7) is 5.26. The maximum absolute atomic E-state index is 12.2. The molecule has 0 bridgehead atoms. The van der Waals surface area contributed by atoms with Crippen LogP contribution in [0.1, 0.15) is 47.9 Å². The van der Waals surface area contributed by atoms with Crippen molar-refractivity contribution in [2.24, 2.45) is 0 Å². The van der Waals surface area contributed by atoms with E-state index >= 15 is 0 Å². The normalized spacial score (nSPS) is 10.3. The second-order valence-corrected chi connectivity index (χ2v) is 5.40. The maximum Gasteiger partial charge on any atom is 0.270 e. The molecule has 0 aromatic carbocycles. The minimum Gasteiger partial charge on any atom is -0.354 e. The number of nitrogens with one attached hydrogen (secondary N) is 2. The molecule has 23 heavy (non-hydrogen) atoms. The first kappa shape index (κ1) is 16.9. The number of aryl methyl sites for hydroxylation is 1. The molecule has 2 heterocycles. The highest BCUT2D eigenvalue weighted by molar-refractivity contribution is 5.92. The molecule has 2 aromatic heterocycles. The molecule has 2 N–H and O–H groups in total. The monoisotopic (exact) mass is 313 g/mol. The van der Waals surface area contributed by atoms with E-state index in [2.05, 4.69) is 32.5 Å². The fourth-order valence-electron chi connectivity index (χ4n) is 2.11. The Morgan fingerprint density at radius 1 is 1.26 bits per heavy atom. The van der Waals surface area contributed by atoms with Crippen LogP contribution in [-0.2, 0) is 6.54 Å². The van der Waals surface area contributed by atoms with E-state index in [1.165, 1.54) is 6.42 Å². The lowest BCUT2D eigenvalue weighted by Crippen LogP contribution is -2.24. The van der Waals surface area contributed by atoms with Gasteiger partial charge in [-0.3, -0.25) is 9.78 Å². The van der Waals surface area contributed by atoms with Crippen LogP contribution in [0.2, 0.25) is 0 Å². The van der Waals surface area contributed by atoms with Crippen molar-refractivity contribution in [1.82, 2.24) is 20.3 Å². The number of aromatic nitrogens is 3. The number of rotatable bonds is 8.